The number of nitrogens with zero attached hydrogens (tertiary/aromatic N) is 1. The highest BCUT2D eigenvalue weighted by molar-refractivity contribution is 6.26. The van der Waals surface area contributed by atoms with Crippen molar-refractivity contribution in [1.82, 2.24) is 5.32 Å². The molecular formula is C41H54N2O13. The van der Waals surface area contributed by atoms with Crippen molar-refractivity contribution in [3.8, 4) is 0 Å². The van der Waals surface area contributed by atoms with Gasteiger partial charge in [-0.1, -0.05) is 50.6 Å². The summed E-state index contributed by atoms with van der Waals surface area (Å²) in [4.78, 5) is 65.3. The summed E-state index contributed by atoms with van der Waals surface area (Å²) in [7, 11) is 1.15. The van der Waals surface area contributed by atoms with E-state index in [0.717, 1.165) is 12.7 Å². The maximum absolute atomic E-state index is 14.9. The van der Waals surface area contributed by atoms with Gasteiger partial charge in [-0.3, -0.25) is 19.7 Å². The van der Waals surface area contributed by atoms with Crippen LogP contribution in [-0.2, 0) is 33.3 Å². The molecule has 2 saturated heterocycles. The zero-order valence-electron chi connectivity index (χ0n) is 33.1. The molecule has 0 radical (unpaired) electrons. The first kappa shape index (κ1) is 41.5. The van der Waals surface area contributed by atoms with Crippen molar-refractivity contribution in [1.29, 1.82) is 0 Å². The van der Waals surface area contributed by atoms with Crippen LogP contribution in [0.2, 0.25) is 0 Å². The van der Waals surface area contributed by atoms with Gasteiger partial charge < -0.3 is 39.6 Å². The van der Waals surface area contributed by atoms with Gasteiger partial charge in [0.15, 0.2) is 11.9 Å². The summed E-state index contributed by atoms with van der Waals surface area (Å²) in [6.07, 6.45) is 3.32. The molecule has 1 amide bonds. The third-order valence-electron chi connectivity index (χ3n) is 13.7. The van der Waals surface area contributed by atoms with Crippen LogP contribution in [0.15, 0.2) is 58.4 Å². The highest BCUT2D eigenvalue weighted by atomic mass is 16.7. The number of alkyl carbamates (subject to hydrolysis) is 1. The van der Waals surface area contributed by atoms with Gasteiger partial charge in [0.2, 0.25) is 11.3 Å². The van der Waals surface area contributed by atoms with E-state index in [1.54, 1.807) is 26.8 Å². The fraction of sp³-hybridized carbons (Fsp3) is 0.659. The smallest absolute Gasteiger partial charge is 0.407 e. The van der Waals surface area contributed by atoms with Crippen LogP contribution in [0.1, 0.15) is 74.1 Å². The van der Waals surface area contributed by atoms with Crippen molar-refractivity contribution < 1.29 is 58.4 Å². The highest BCUT2D eigenvalue weighted by Crippen LogP contribution is 2.60. The van der Waals surface area contributed by atoms with Crippen molar-refractivity contribution in [2.45, 2.75) is 122 Å². The molecule has 0 aromatic rings. The number of esters is 1. The number of aldehydes is 1. The second-order valence-corrected chi connectivity index (χ2v) is 17.2. The maximum Gasteiger partial charge on any atom is 0.407 e. The monoisotopic (exact) mass is 782 g/mol. The number of nitro groups is 1. The molecule has 15 heteroatoms. The van der Waals surface area contributed by atoms with Gasteiger partial charge in [-0.25, -0.2) is 9.59 Å². The van der Waals surface area contributed by atoms with Crippen molar-refractivity contribution in [3.63, 3.8) is 0 Å². The van der Waals surface area contributed by atoms with Gasteiger partial charge in [0.1, 0.15) is 23.7 Å². The molecule has 0 aromatic heterocycles. The minimum absolute atomic E-state index is 0.0397. The molecule has 1 unspecified atom stereocenters. The Labute approximate surface area is 326 Å². The maximum atomic E-state index is 14.9. The molecule has 4 N–H and O–H groups in total. The number of nitrogens with one attached hydrogen (secondary N) is 1. The number of amides is 1. The van der Waals surface area contributed by atoms with E-state index in [9.17, 15) is 44.6 Å². The summed E-state index contributed by atoms with van der Waals surface area (Å²) < 4.78 is 23.4. The fourth-order valence-electron chi connectivity index (χ4n) is 10.8. The van der Waals surface area contributed by atoms with Crippen LogP contribution in [0, 0.1) is 51.0 Å². The predicted molar refractivity (Wildman–Crippen MR) is 199 cm³/mol. The lowest BCUT2D eigenvalue weighted by atomic mass is 9.49. The number of carbonyl (C=O) groups excluding carboxylic acids is 4. The van der Waals surface area contributed by atoms with Gasteiger partial charge in [-0.2, -0.15) is 0 Å². The van der Waals surface area contributed by atoms with Crippen LogP contribution < -0.4 is 5.32 Å². The van der Waals surface area contributed by atoms with Gasteiger partial charge in [-0.05, 0) is 68.6 Å². The number of ether oxygens (including phenoxy) is 4. The van der Waals surface area contributed by atoms with Crippen molar-refractivity contribution in [2.75, 3.05) is 7.11 Å². The first-order chi connectivity index (χ1) is 26.2. The Morgan fingerprint density at radius 1 is 1.09 bits per heavy atom. The third kappa shape index (κ3) is 6.53. The van der Waals surface area contributed by atoms with Crippen LogP contribution in [0.3, 0.4) is 0 Å². The molecule has 56 heavy (non-hydrogen) atoms. The van der Waals surface area contributed by atoms with Gasteiger partial charge in [-0.15, -0.1) is 0 Å². The summed E-state index contributed by atoms with van der Waals surface area (Å²) in [5.41, 5.74) is -4.40. The van der Waals surface area contributed by atoms with E-state index in [1.165, 1.54) is 13.0 Å². The normalized spacial score (nSPS) is 45.7. The Morgan fingerprint density at radius 2 is 1.79 bits per heavy atom. The number of Topliss-reactive ketones (excluding diaryl/α,β-unsaturated/α-hetero) is 1. The Hall–Kier alpha value is -4.18. The molecule has 2 bridgehead atoms. The lowest BCUT2D eigenvalue weighted by Crippen LogP contribution is -2.65. The number of methoxy groups -OCH3 is 1. The molecule has 3 fully saturated rings. The molecule has 15 atom stereocenters. The zero-order valence-corrected chi connectivity index (χ0v) is 33.1. The molecule has 6 rings (SSSR count). The topological polar surface area (TPSA) is 221 Å². The Kier molecular flexibility index (Phi) is 11.1. The van der Waals surface area contributed by atoms with Gasteiger partial charge in [0.25, 0.3) is 0 Å². The number of carbonyl (C=O) groups is 4. The van der Waals surface area contributed by atoms with Crippen LogP contribution >= 0.6 is 0 Å². The quantitative estimate of drug-likeness (QED) is 0.0768. The zero-order chi connectivity index (χ0) is 41.2. The first-order valence-electron chi connectivity index (χ1n) is 19.3. The standard InChI is InChI=1S/C41H54N2O13/c1-19-9-12-29(55-30-17-39(6,43(51)52)34(23(5)54-30)42-38(50)53-8)20(2)14-27-28(45)15-24(18-44)16-41(27)36(48)31(37(49)56-41)35(47)40(7)26(19)11-10-25-32(40)21(3)13-22(4)33(25)46/h9-11,14-15,18,21-23,25-30,32-34,45-47H,12-13,16-17H2,1-8H3,(H,42,50)/b19-9+,20-14+,35-31?/t21-,22-,23+,25-,26-,27+,28-,29-,30-,32+,33-,34-,39-,40+,41?/m0/s1. The van der Waals surface area contributed by atoms with Gasteiger partial charge in [0.05, 0.1) is 43.9 Å². The molecule has 2 heterocycles. The number of rotatable bonds is 5. The minimum Gasteiger partial charge on any atom is -0.511 e. The third-order valence-corrected chi connectivity index (χ3v) is 13.7. The van der Waals surface area contributed by atoms with E-state index >= 15 is 0 Å². The van der Waals surface area contributed by atoms with Crippen LogP contribution in [-0.4, -0.2) is 99.4 Å². The largest absolute Gasteiger partial charge is 0.511 e. The van der Waals surface area contributed by atoms with E-state index in [0.29, 0.717) is 18.3 Å². The van der Waals surface area contributed by atoms with E-state index in [4.69, 9.17) is 18.9 Å². The van der Waals surface area contributed by atoms with E-state index in [-0.39, 0.29) is 36.7 Å². The van der Waals surface area contributed by atoms with Crippen LogP contribution in [0.25, 0.3) is 0 Å². The van der Waals surface area contributed by atoms with E-state index < -0.39 is 111 Å². The van der Waals surface area contributed by atoms with E-state index in [2.05, 4.69) is 5.32 Å². The minimum atomic E-state index is -2.10. The van der Waals surface area contributed by atoms with Crippen molar-refractivity contribution >= 4 is 24.1 Å². The average Bonchev–Trinajstić information content (AvgIpc) is 3.38. The predicted octanol–water partition coefficient (Wildman–Crippen LogP) is 4.21. The fourth-order valence-corrected chi connectivity index (χ4v) is 10.8. The molecule has 15 nitrogen and oxygen atoms in total. The van der Waals surface area contributed by atoms with Crippen molar-refractivity contribution in [3.05, 3.63) is 68.5 Å². The molecule has 0 aromatic carbocycles. The highest BCUT2D eigenvalue weighted by Gasteiger charge is 2.64. The lowest BCUT2D eigenvalue weighted by molar-refractivity contribution is -0.584. The number of aliphatic hydroxyl groups excluding tert-OH is 3. The van der Waals surface area contributed by atoms with Crippen molar-refractivity contribution in [2.24, 2.45) is 40.9 Å². The Balaban J connectivity index is 1.51. The molecular weight excluding hydrogens is 728 g/mol. The molecule has 4 aliphatic carbocycles. The number of hydrogen-bond donors (Lipinski definition) is 4. The SMILES string of the molecule is COC(=O)N[C@H]1[C@@H](C)O[C@@H](O[C@H]2C/C=C(\C)[C@@H]3C=C[C@@H]4[C@@H](O)[C@@H](C)C[C@H](C)[C@H]4[C@]3(C)C(O)=C3C(=O)OC4(CC(C=O)=C[C@H](O)[C@H]4/C=C/2C)C3=O)C[C@]1(C)[N+](=O)[O-]. The summed E-state index contributed by atoms with van der Waals surface area (Å²) in [6.45, 7) is 12.4. The van der Waals surface area contributed by atoms with E-state index in [1.807, 2.05) is 39.0 Å². The van der Waals surface area contributed by atoms with Gasteiger partial charge >= 0.3 is 12.1 Å². The first-order valence-corrected chi connectivity index (χ1v) is 19.3. The molecule has 1 spiro atoms. The second-order valence-electron chi connectivity index (χ2n) is 17.2. The van der Waals surface area contributed by atoms with Crippen LogP contribution in [0.5, 0.6) is 0 Å². The molecule has 1 saturated carbocycles. The van der Waals surface area contributed by atoms with Crippen LogP contribution in [0.4, 0.5) is 4.79 Å². The summed E-state index contributed by atoms with van der Waals surface area (Å²) in [5.74, 6) is -5.13. The molecule has 6 aliphatic rings. The number of hydrogen-bond acceptors (Lipinski definition) is 13. The summed E-state index contributed by atoms with van der Waals surface area (Å²) >= 11 is 0. The molecule has 306 valence electrons. The Morgan fingerprint density at radius 3 is 2.43 bits per heavy atom. The summed E-state index contributed by atoms with van der Waals surface area (Å²) in [5, 5.41) is 50.6. The Bertz CT molecular complexity index is 1830. The summed E-state index contributed by atoms with van der Waals surface area (Å²) in [6, 6.07) is -1.07. The lowest BCUT2D eigenvalue weighted by Gasteiger charge is -2.55. The van der Waals surface area contributed by atoms with Gasteiger partial charge in [0, 0.05) is 35.5 Å². The molecule has 2 aliphatic heterocycles. The number of aliphatic hydroxyl groups is 3. The second kappa shape index (κ2) is 15.0. The number of fused-ring (bicyclic) bond motifs is 4. The average molecular weight is 783 g/mol. The number of allylic oxidation sites excluding steroid dienone is 3. The number of ketones is 1.